The van der Waals surface area contributed by atoms with Crippen LogP contribution in [0.2, 0.25) is 0 Å². The van der Waals surface area contributed by atoms with E-state index in [1.807, 2.05) is 0 Å². The first kappa shape index (κ1) is 13.4. The van der Waals surface area contributed by atoms with Crippen LogP contribution < -0.4 is 0 Å². The standard InChI is InChI=1S/C5H4F8O/c1-2(6,7)4(10,14)3(8,9)5(11,12)13/h14H,1H3. The van der Waals surface area contributed by atoms with Crippen LogP contribution in [0, 0.1) is 0 Å². The van der Waals surface area contributed by atoms with E-state index in [2.05, 4.69) is 0 Å². The van der Waals surface area contributed by atoms with Crippen molar-refractivity contribution >= 4 is 0 Å². The first-order chi connectivity index (χ1) is 5.75. The van der Waals surface area contributed by atoms with E-state index >= 15 is 0 Å². The van der Waals surface area contributed by atoms with Crippen molar-refractivity contribution in [2.45, 2.75) is 30.8 Å². The fourth-order valence-corrected chi connectivity index (χ4v) is 0.463. The Morgan fingerprint density at radius 3 is 1.14 bits per heavy atom. The van der Waals surface area contributed by atoms with Gasteiger partial charge in [-0.15, -0.1) is 0 Å². The van der Waals surface area contributed by atoms with Crippen molar-refractivity contribution in [1.82, 2.24) is 0 Å². The van der Waals surface area contributed by atoms with Gasteiger partial charge in [0.05, 0.1) is 0 Å². The second kappa shape index (κ2) is 2.94. The van der Waals surface area contributed by atoms with Gasteiger partial charge in [0.2, 0.25) is 0 Å². The van der Waals surface area contributed by atoms with Gasteiger partial charge in [0, 0.05) is 6.92 Å². The average Bonchev–Trinajstić information content (AvgIpc) is 1.81. The van der Waals surface area contributed by atoms with Crippen molar-refractivity contribution in [2.24, 2.45) is 0 Å². The number of alkyl halides is 8. The highest BCUT2D eigenvalue weighted by atomic mass is 19.4. The molecule has 1 atom stereocenters. The number of hydrogen-bond acceptors (Lipinski definition) is 1. The first-order valence-corrected chi connectivity index (χ1v) is 2.99. The van der Waals surface area contributed by atoms with Crippen molar-refractivity contribution in [3.05, 3.63) is 0 Å². The second-order valence-corrected chi connectivity index (χ2v) is 2.58. The summed E-state index contributed by atoms with van der Waals surface area (Å²) in [6, 6.07) is 0. The molecule has 0 radical (unpaired) electrons. The van der Waals surface area contributed by atoms with E-state index in [9.17, 15) is 35.1 Å². The fourth-order valence-electron chi connectivity index (χ4n) is 0.463. The molecule has 14 heavy (non-hydrogen) atoms. The maximum Gasteiger partial charge on any atom is 0.459 e. The van der Waals surface area contributed by atoms with E-state index in [0.717, 1.165) is 0 Å². The summed E-state index contributed by atoms with van der Waals surface area (Å²) in [6.45, 7) is -0.591. The topological polar surface area (TPSA) is 20.2 Å². The Balaban J connectivity index is 5.30. The number of hydrogen-bond donors (Lipinski definition) is 1. The van der Waals surface area contributed by atoms with E-state index in [-0.39, 0.29) is 0 Å². The van der Waals surface area contributed by atoms with Gasteiger partial charge >= 0.3 is 23.9 Å². The summed E-state index contributed by atoms with van der Waals surface area (Å²) in [7, 11) is 0. The molecule has 0 aliphatic carbocycles. The van der Waals surface area contributed by atoms with Gasteiger partial charge in [0.25, 0.3) is 0 Å². The average molecular weight is 232 g/mol. The Hall–Kier alpha value is -0.600. The third-order valence-corrected chi connectivity index (χ3v) is 1.35. The minimum atomic E-state index is -6.60. The molecule has 0 amide bonds. The number of aliphatic hydroxyl groups is 1. The van der Waals surface area contributed by atoms with Gasteiger partial charge in [0.1, 0.15) is 0 Å². The molecule has 1 nitrogen and oxygen atoms in total. The zero-order valence-corrected chi connectivity index (χ0v) is 6.47. The third kappa shape index (κ3) is 1.77. The quantitative estimate of drug-likeness (QED) is 0.725. The zero-order chi connectivity index (χ0) is 12.0. The molecular formula is C5H4F8O. The largest absolute Gasteiger partial charge is 0.459 e. The Morgan fingerprint density at radius 1 is 0.786 bits per heavy atom. The molecule has 0 bridgehead atoms. The lowest BCUT2D eigenvalue weighted by atomic mass is 10.0. The zero-order valence-electron chi connectivity index (χ0n) is 6.47. The minimum absolute atomic E-state index is 0.591. The van der Waals surface area contributed by atoms with Gasteiger partial charge < -0.3 is 5.11 Å². The van der Waals surface area contributed by atoms with Crippen molar-refractivity contribution in [1.29, 1.82) is 0 Å². The van der Waals surface area contributed by atoms with Gasteiger partial charge in [-0.05, 0) is 0 Å². The first-order valence-electron chi connectivity index (χ1n) is 2.99. The normalized spacial score (nSPS) is 19.3. The van der Waals surface area contributed by atoms with E-state index in [1.54, 1.807) is 0 Å². The van der Waals surface area contributed by atoms with Gasteiger partial charge in [-0.2, -0.15) is 26.3 Å². The summed E-state index contributed by atoms with van der Waals surface area (Å²) in [4.78, 5) is 0. The molecule has 1 N–H and O–H groups in total. The second-order valence-electron chi connectivity index (χ2n) is 2.58. The molecule has 0 saturated heterocycles. The van der Waals surface area contributed by atoms with E-state index in [1.165, 1.54) is 0 Å². The van der Waals surface area contributed by atoms with Crippen LogP contribution in [0.3, 0.4) is 0 Å². The highest BCUT2D eigenvalue weighted by Gasteiger charge is 2.78. The minimum Gasteiger partial charge on any atom is -0.352 e. The predicted molar refractivity (Wildman–Crippen MR) is 27.7 cm³/mol. The molecule has 0 aromatic rings. The van der Waals surface area contributed by atoms with Crippen molar-refractivity contribution in [3.8, 4) is 0 Å². The van der Waals surface area contributed by atoms with Crippen LogP contribution in [0.5, 0.6) is 0 Å². The van der Waals surface area contributed by atoms with Gasteiger partial charge in [0.15, 0.2) is 0 Å². The summed E-state index contributed by atoms with van der Waals surface area (Å²) < 4.78 is 94.1. The van der Waals surface area contributed by atoms with Crippen LogP contribution in [0.25, 0.3) is 0 Å². The lowest BCUT2D eigenvalue weighted by molar-refractivity contribution is -0.415. The maximum absolute atomic E-state index is 12.2. The lowest BCUT2D eigenvalue weighted by Gasteiger charge is -2.33. The molecular weight excluding hydrogens is 228 g/mol. The molecule has 0 heterocycles. The summed E-state index contributed by atoms with van der Waals surface area (Å²) in [5.41, 5.74) is 0. The summed E-state index contributed by atoms with van der Waals surface area (Å²) in [5.74, 6) is -17.8. The molecule has 0 fully saturated rings. The molecule has 9 heteroatoms. The molecule has 0 spiro atoms. The van der Waals surface area contributed by atoms with Crippen LogP contribution in [-0.2, 0) is 0 Å². The van der Waals surface area contributed by atoms with E-state index < -0.39 is 30.8 Å². The van der Waals surface area contributed by atoms with Crippen LogP contribution in [0.1, 0.15) is 6.92 Å². The SMILES string of the molecule is CC(F)(F)C(O)(F)C(F)(F)C(F)(F)F. The van der Waals surface area contributed by atoms with Gasteiger partial charge in [-0.25, -0.2) is 8.78 Å². The monoisotopic (exact) mass is 232 g/mol. The van der Waals surface area contributed by atoms with Crippen LogP contribution in [0.4, 0.5) is 35.1 Å². The molecule has 0 aromatic heterocycles. The summed E-state index contributed by atoms with van der Waals surface area (Å²) >= 11 is 0. The summed E-state index contributed by atoms with van der Waals surface area (Å²) in [6.07, 6.45) is -6.60. The third-order valence-electron chi connectivity index (χ3n) is 1.35. The van der Waals surface area contributed by atoms with Crippen molar-refractivity contribution in [3.63, 3.8) is 0 Å². The molecule has 0 rings (SSSR count). The van der Waals surface area contributed by atoms with Gasteiger partial charge in [-0.1, -0.05) is 0 Å². The molecule has 0 aliphatic rings. The van der Waals surface area contributed by atoms with Crippen molar-refractivity contribution in [2.75, 3.05) is 0 Å². The summed E-state index contributed by atoms with van der Waals surface area (Å²) in [5, 5.41) is 7.83. The van der Waals surface area contributed by atoms with Crippen molar-refractivity contribution < 1.29 is 40.2 Å². The highest BCUT2D eigenvalue weighted by Crippen LogP contribution is 2.50. The lowest BCUT2D eigenvalue weighted by Crippen LogP contribution is -2.62. The Kier molecular flexibility index (Phi) is 2.82. The number of rotatable bonds is 2. The van der Waals surface area contributed by atoms with E-state index in [4.69, 9.17) is 5.11 Å². The van der Waals surface area contributed by atoms with Gasteiger partial charge in [-0.3, -0.25) is 0 Å². The molecule has 0 aliphatic heterocycles. The molecule has 1 unspecified atom stereocenters. The highest BCUT2D eigenvalue weighted by molar-refractivity contribution is 4.97. The molecule has 86 valence electrons. The maximum atomic E-state index is 12.2. The number of halogens is 8. The van der Waals surface area contributed by atoms with Crippen LogP contribution in [-0.4, -0.2) is 29.0 Å². The van der Waals surface area contributed by atoms with Crippen LogP contribution in [0.15, 0.2) is 0 Å². The predicted octanol–water partition coefficient (Wildman–Crippen LogP) is 2.50. The molecule has 0 saturated carbocycles. The Labute approximate surface area is 72.3 Å². The van der Waals surface area contributed by atoms with Crippen LogP contribution >= 0.6 is 0 Å². The fraction of sp³-hybridized carbons (Fsp3) is 1.00. The molecule has 0 aromatic carbocycles. The smallest absolute Gasteiger partial charge is 0.352 e. The Bertz CT molecular complexity index is 187. The Morgan fingerprint density at radius 2 is 1.07 bits per heavy atom. The van der Waals surface area contributed by atoms with E-state index in [0.29, 0.717) is 0 Å².